The van der Waals surface area contributed by atoms with Gasteiger partial charge in [-0.3, -0.25) is 4.79 Å². The fourth-order valence-corrected chi connectivity index (χ4v) is 3.31. The zero-order valence-electron chi connectivity index (χ0n) is 12.1. The zero-order valence-corrected chi connectivity index (χ0v) is 12.9. The maximum atomic E-state index is 11.1. The van der Waals surface area contributed by atoms with Gasteiger partial charge in [-0.1, -0.05) is 19.3 Å². The third-order valence-corrected chi connectivity index (χ3v) is 4.45. The monoisotopic (exact) mass is 296 g/mol. The van der Waals surface area contributed by atoms with Gasteiger partial charge in [-0.05, 0) is 24.3 Å². The van der Waals surface area contributed by atoms with Crippen molar-refractivity contribution in [2.24, 2.45) is 0 Å². The molecule has 112 valence electrons. The number of ether oxygens (including phenoxy) is 1. The van der Waals surface area contributed by atoms with Crippen LogP contribution in [0.4, 0.5) is 5.69 Å². The number of amides is 1. The van der Waals surface area contributed by atoms with Crippen molar-refractivity contribution in [3.05, 3.63) is 16.3 Å². The fourth-order valence-electron chi connectivity index (χ4n) is 2.51. The lowest BCUT2D eigenvalue weighted by atomic mass is 9.98. The van der Waals surface area contributed by atoms with E-state index in [1.165, 1.54) is 39.0 Å². The van der Waals surface area contributed by atoms with Crippen molar-refractivity contribution in [1.82, 2.24) is 5.32 Å². The summed E-state index contributed by atoms with van der Waals surface area (Å²) in [6, 6.07) is 1.95. The first-order valence-electron chi connectivity index (χ1n) is 7.42. The summed E-state index contributed by atoms with van der Waals surface area (Å²) in [6.45, 7) is 3.94. The molecule has 1 saturated carbocycles. The van der Waals surface area contributed by atoms with E-state index in [2.05, 4.69) is 10.6 Å². The van der Waals surface area contributed by atoms with Crippen molar-refractivity contribution in [2.75, 3.05) is 18.5 Å². The van der Waals surface area contributed by atoms with Gasteiger partial charge in [-0.15, -0.1) is 11.3 Å². The number of hydrogen-bond acceptors (Lipinski definition) is 4. The number of carbonyl (C=O) groups is 1. The second-order valence-corrected chi connectivity index (χ2v) is 6.25. The number of thiophene rings is 1. The Kier molecular flexibility index (Phi) is 6.50. The third-order valence-electron chi connectivity index (χ3n) is 3.53. The highest BCUT2D eigenvalue weighted by molar-refractivity contribution is 7.10. The maximum Gasteiger partial charge on any atom is 0.221 e. The average molecular weight is 296 g/mol. The molecule has 20 heavy (non-hydrogen) atoms. The van der Waals surface area contributed by atoms with Gasteiger partial charge in [0.1, 0.15) is 0 Å². The topological polar surface area (TPSA) is 50.4 Å². The Morgan fingerprint density at radius 1 is 1.40 bits per heavy atom. The minimum absolute atomic E-state index is 0.0229. The van der Waals surface area contributed by atoms with Crippen LogP contribution in [-0.4, -0.2) is 25.2 Å². The quantitative estimate of drug-likeness (QED) is 0.760. The molecular weight excluding hydrogens is 272 g/mol. The van der Waals surface area contributed by atoms with Gasteiger partial charge in [0.05, 0.1) is 18.4 Å². The van der Waals surface area contributed by atoms with Gasteiger partial charge in [0.25, 0.3) is 0 Å². The molecule has 2 rings (SSSR count). The predicted octanol–water partition coefficient (Wildman–Crippen LogP) is 3.15. The molecule has 0 aromatic carbocycles. The summed E-state index contributed by atoms with van der Waals surface area (Å²) in [4.78, 5) is 12.2. The van der Waals surface area contributed by atoms with Crippen LogP contribution in [0, 0.1) is 0 Å². The minimum Gasteiger partial charge on any atom is -0.377 e. The van der Waals surface area contributed by atoms with Crippen LogP contribution in [-0.2, 0) is 16.1 Å². The minimum atomic E-state index is -0.0229. The SMILES string of the molecule is CC(=O)Nc1ccsc1CNCCOC1CCCCC1. The van der Waals surface area contributed by atoms with Crippen LogP contribution < -0.4 is 10.6 Å². The van der Waals surface area contributed by atoms with Crippen LogP contribution in [0.2, 0.25) is 0 Å². The molecule has 5 heteroatoms. The van der Waals surface area contributed by atoms with E-state index in [1.807, 2.05) is 11.4 Å². The summed E-state index contributed by atoms with van der Waals surface area (Å²) >= 11 is 1.66. The molecule has 4 nitrogen and oxygen atoms in total. The summed E-state index contributed by atoms with van der Waals surface area (Å²) in [5, 5.41) is 8.22. The van der Waals surface area contributed by atoms with E-state index in [1.54, 1.807) is 11.3 Å². The smallest absolute Gasteiger partial charge is 0.221 e. The first-order chi connectivity index (χ1) is 9.75. The lowest BCUT2D eigenvalue weighted by Gasteiger charge is -2.22. The van der Waals surface area contributed by atoms with Gasteiger partial charge in [0.15, 0.2) is 0 Å². The number of rotatable bonds is 7. The van der Waals surface area contributed by atoms with Crippen LogP contribution in [0.25, 0.3) is 0 Å². The molecule has 0 aliphatic heterocycles. The second-order valence-electron chi connectivity index (χ2n) is 5.25. The third kappa shape index (κ3) is 5.23. The molecule has 1 aliphatic carbocycles. The first kappa shape index (κ1) is 15.5. The highest BCUT2D eigenvalue weighted by Gasteiger charge is 2.13. The van der Waals surface area contributed by atoms with Gasteiger partial charge in [-0.2, -0.15) is 0 Å². The standard InChI is InChI=1S/C15H24N2O2S/c1-12(18)17-14-7-10-20-15(14)11-16-8-9-19-13-5-3-2-4-6-13/h7,10,13,16H,2-6,8-9,11H2,1H3,(H,17,18). The van der Waals surface area contributed by atoms with Crippen molar-refractivity contribution >= 4 is 22.9 Å². The molecule has 1 aromatic rings. The number of hydrogen-bond donors (Lipinski definition) is 2. The Labute approximate surface area is 124 Å². The molecule has 1 heterocycles. The van der Waals surface area contributed by atoms with Gasteiger partial charge in [0, 0.05) is 24.9 Å². The van der Waals surface area contributed by atoms with E-state index in [4.69, 9.17) is 4.74 Å². The van der Waals surface area contributed by atoms with Crippen LogP contribution >= 0.6 is 11.3 Å². The van der Waals surface area contributed by atoms with E-state index in [0.29, 0.717) is 6.10 Å². The van der Waals surface area contributed by atoms with E-state index in [-0.39, 0.29) is 5.91 Å². The van der Waals surface area contributed by atoms with Crippen LogP contribution in [0.1, 0.15) is 43.9 Å². The molecule has 0 saturated heterocycles. The highest BCUT2D eigenvalue weighted by Crippen LogP contribution is 2.22. The summed E-state index contributed by atoms with van der Waals surface area (Å²) in [6.07, 6.45) is 6.90. The Morgan fingerprint density at radius 2 is 2.20 bits per heavy atom. The van der Waals surface area contributed by atoms with Gasteiger partial charge in [-0.25, -0.2) is 0 Å². The molecule has 0 unspecified atom stereocenters. The van der Waals surface area contributed by atoms with Crippen LogP contribution in [0.3, 0.4) is 0 Å². The van der Waals surface area contributed by atoms with Crippen molar-refractivity contribution in [1.29, 1.82) is 0 Å². The Balaban J connectivity index is 1.60. The molecule has 1 aliphatic rings. The lowest BCUT2D eigenvalue weighted by molar-refractivity contribution is -0.114. The first-order valence-corrected chi connectivity index (χ1v) is 8.30. The number of carbonyl (C=O) groups excluding carboxylic acids is 1. The molecule has 0 spiro atoms. The average Bonchev–Trinajstić information content (AvgIpc) is 2.86. The van der Waals surface area contributed by atoms with Crippen molar-refractivity contribution in [3.8, 4) is 0 Å². The van der Waals surface area contributed by atoms with Crippen molar-refractivity contribution < 1.29 is 9.53 Å². The molecule has 1 fully saturated rings. The van der Waals surface area contributed by atoms with Gasteiger partial charge < -0.3 is 15.4 Å². The molecule has 0 atom stereocenters. The van der Waals surface area contributed by atoms with E-state index >= 15 is 0 Å². The van der Waals surface area contributed by atoms with Crippen LogP contribution in [0.5, 0.6) is 0 Å². The molecule has 2 N–H and O–H groups in total. The molecule has 0 radical (unpaired) electrons. The van der Waals surface area contributed by atoms with E-state index in [0.717, 1.165) is 30.3 Å². The molecule has 1 amide bonds. The predicted molar refractivity (Wildman–Crippen MR) is 83.2 cm³/mol. The Bertz CT molecular complexity index is 414. The van der Waals surface area contributed by atoms with Crippen molar-refractivity contribution in [3.63, 3.8) is 0 Å². The fraction of sp³-hybridized carbons (Fsp3) is 0.667. The molecule has 1 aromatic heterocycles. The largest absolute Gasteiger partial charge is 0.377 e. The van der Waals surface area contributed by atoms with Crippen LogP contribution in [0.15, 0.2) is 11.4 Å². The number of nitrogens with one attached hydrogen (secondary N) is 2. The lowest BCUT2D eigenvalue weighted by Crippen LogP contribution is -2.24. The highest BCUT2D eigenvalue weighted by atomic mass is 32.1. The summed E-state index contributed by atoms with van der Waals surface area (Å²) in [7, 11) is 0. The van der Waals surface area contributed by atoms with Crippen molar-refractivity contribution in [2.45, 2.75) is 51.7 Å². The Hall–Kier alpha value is -0.910. The van der Waals surface area contributed by atoms with Gasteiger partial charge >= 0.3 is 0 Å². The van der Waals surface area contributed by atoms with Gasteiger partial charge in [0.2, 0.25) is 5.91 Å². The normalized spacial score (nSPS) is 16.2. The summed E-state index contributed by atoms with van der Waals surface area (Å²) in [5.74, 6) is -0.0229. The maximum absolute atomic E-state index is 11.1. The zero-order chi connectivity index (χ0) is 14.2. The molecule has 0 bridgehead atoms. The summed E-state index contributed by atoms with van der Waals surface area (Å²) in [5.41, 5.74) is 0.920. The summed E-state index contributed by atoms with van der Waals surface area (Å²) < 4.78 is 5.87. The van der Waals surface area contributed by atoms with E-state index < -0.39 is 0 Å². The number of anilines is 1. The Morgan fingerprint density at radius 3 is 2.95 bits per heavy atom. The second kappa shape index (κ2) is 8.39. The van der Waals surface area contributed by atoms with E-state index in [9.17, 15) is 4.79 Å². The molecular formula is C15H24N2O2S.